The number of rotatable bonds is 9. The first-order chi connectivity index (χ1) is 8.95. The minimum atomic E-state index is -3.59. The van der Waals surface area contributed by atoms with E-state index < -0.39 is 23.1 Å². The Labute approximate surface area is 115 Å². The first-order valence-corrected chi connectivity index (χ1v) is 7.84. The molecular weight excluding hydrogens is 298 g/mol. The van der Waals surface area contributed by atoms with Crippen molar-refractivity contribution in [2.45, 2.75) is 17.2 Å². The SMILES string of the molecule is CNCc1ccc(S(=O)(=O)NCCOCC(F)F)s1. The Balaban J connectivity index is 2.42. The Kier molecular flexibility index (Phi) is 6.80. The molecule has 0 unspecified atom stereocenters. The van der Waals surface area contributed by atoms with Crippen LogP contribution < -0.4 is 10.0 Å². The van der Waals surface area contributed by atoms with Gasteiger partial charge in [0.1, 0.15) is 10.8 Å². The van der Waals surface area contributed by atoms with E-state index in [1.54, 1.807) is 13.1 Å². The number of thiophene rings is 1. The van der Waals surface area contributed by atoms with Gasteiger partial charge in [-0.05, 0) is 19.2 Å². The summed E-state index contributed by atoms with van der Waals surface area (Å²) in [6, 6.07) is 3.24. The molecule has 19 heavy (non-hydrogen) atoms. The van der Waals surface area contributed by atoms with Crippen molar-refractivity contribution in [3.8, 4) is 0 Å². The van der Waals surface area contributed by atoms with Crippen molar-refractivity contribution >= 4 is 21.4 Å². The molecule has 0 bridgehead atoms. The van der Waals surface area contributed by atoms with E-state index >= 15 is 0 Å². The van der Waals surface area contributed by atoms with E-state index in [1.165, 1.54) is 6.07 Å². The van der Waals surface area contributed by atoms with Crippen molar-refractivity contribution in [1.82, 2.24) is 10.0 Å². The van der Waals surface area contributed by atoms with E-state index in [1.807, 2.05) is 0 Å². The van der Waals surface area contributed by atoms with Crippen molar-refractivity contribution in [2.75, 3.05) is 26.8 Å². The molecule has 0 spiro atoms. The van der Waals surface area contributed by atoms with Crippen molar-refractivity contribution in [3.63, 3.8) is 0 Å². The Morgan fingerprint density at radius 2 is 2.16 bits per heavy atom. The van der Waals surface area contributed by atoms with E-state index in [-0.39, 0.29) is 17.4 Å². The van der Waals surface area contributed by atoms with Crippen molar-refractivity contribution in [1.29, 1.82) is 0 Å². The number of sulfonamides is 1. The van der Waals surface area contributed by atoms with Gasteiger partial charge in [0, 0.05) is 18.0 Å². The molecule has 5 nitrogen and oxygen atoms in total. The largest absolute Gasteiger partial charge is 0.374 e. The van der Waals surface area contributed by atoms with Crippen LogP contribution in [0, 0.1) is 0 Å². The molecule has 1 aromatic heterocycles. The third-order valence-electron chi connectivity index (χ3n) is 2.04. The van der Waals surface area contributed by atoms with Gasteiger partial charge in [0.05, 0.1) is 6.61 Å². The van der Waals surface area contributed by atoms with E-state index in [9.17, 15) is 17.2 Å². The molecule has 1 heterocycles. The highest BCUT2D eigenvalue weighted by molar-refractivity contribution is 7.91. The van der Waals surface area contributed by atoms with Crippen LogP contribution in [0.3, 0.4) is 0 Å². The normalized spacial score (nSPS) is 12.2. The monoisotopic (exact) mass is 314 g/mol. The first kappa shape index (κ1) is 16.4. The summed E-state index contributed by atoms with van der Waals surface area (Å²) < 4.78 is 54.3. The van der Waals surface area contributed by atoms with Gasteiger partial charge in [-0.15, -0.1) is 11.3 Å². The third-order valence-corrected chi connectivity index (χ3v) is 5.07. The molecule has 0 saturated carbocycles. The Morgan fingerprint density at radius 1 is 1.42 bits per heavy atom. The maximum Gasteiger partial charge on any atom is 0.261 e. The highest BCUT2D eigenvalue weighted by Crippen LogP contribution is 2.21. The zero-order valence-corrected chi connectivity index (χ0v) is 12.0. The Bertz CT molecular complexity index is 477. The summed E-state index contributed by atoms with van der Waals surface area (Å²) in [5.74, 6) is 0. The molecule has 0 saturated heterocycles. The predicted octanol–water partition coefficient (Wildman–Crippen LogP) is 1.03. The van der Waals surface area contributed by atoms with E-state index in [2.05, 4.69) is 14.8 Å². The van der Waals surface area contributed by atoms with E-state index in [0.717, 1.165) is 16.2 Å². The predicted molar refractivity (Wildman–Crippen MR) is 69.1 cm³/mol. The minimum absolute atomic E-state index is 0.0334. The summed E-state index contributed by atoms with van der Waals surface area (Å²) in [4.78, 5) is 0.900. The molecule has 1 aromatic rings. The molecule has 0 aromatic carbocycles. The highest BCUT2D eigenvalue weighted by atomic mass is 32.2. The fourth-order valence-electron chi connectivity index (χ4n) is 1.26. The molecule has 0 aliphatic heterocycles. The van der Waals surface area contributed by atoms with Crippen LogP contribution in [-0.4, -0.2) is 41.6 Å². The lowest BCUT2D eigenvalue weighted by atomic mass is 10.5. The third kappa shape index (κ3) is 5.91. The summed E-state index contributed by atoms with van der Waals surface area (Å²) in [7, 11) is -1.81. The molecule has 9 heteroatoms. The average Bonchev–Trinajstić information content (AvgIpc) is 2.78. The number of halogens is 2. The van der Waals surface area contributed by atoms with Crippen LogP contribution in [0.1, 0.15) is 4.88 Å². The zero-order chi connectivity index (χ0) is 14.3. The molecule has 0 aliphatic carbocycles. The number of alkyl halides is 2. The average molecular weight is 314 g/mol. The molecule has 1 rings (SSSR count). The molecule has 0 aliphatic rings. The number of ether oxygens (including phenoxy) is 1. The van der Waals surface area contributed by atoms with Crippen LogP contribution in [0.4, 0.5) is 8.78 Å². The van der Waals surface area contributed by atoms with Gasteiger partial charge in [-0.2, -0.15) is 0 Å². The van der Waals surface area contributed by atoms with Crippen molar-refractivity contribution < 1.29 is 21.9 Å². The lowest BCUT2D eigenvalue weighted by molar-refractivity contribution is 0.0199. The number of nitrogens with one attached hydrogen (secondary N) is 2. The summed E-state index contributed by atoms with van der Waals surface area (Å²) >= 11 is 1.16. The van der Waals surface area contributed by atoms with Crippen molar-refractivity contribution in [3.05, 3.63) is 17.0 Å². The van der Waals surface area contributed by atoms with Crippen molar-refractivity contribution in [2.24, 2.45) is 0 Å². The van der Waals surface area contributed by atoms with Gasteiger partial charge in [-0.3, -0.25) is 0 Å². The van der Waals surface area contributed by atoms with Crippen LogP contribution >= 0.6 is 11.3 Å². The summed E-state index contributed by atoms with van der Waals surface area (Å²) in [5, 5.41) is 2.92. The maximum absolute atomic E-state index is 11.8. The molecule has 2 N–H and O–H groups in total. The van der Waals surface area contributed by atoms with E-state index in [0.29, 0.717) is 6.54 Å². The lowest BCUT2D eigenvalue weighted by Crippen LogP contribution is -2.27. The first-order valence-electron chi connectivity index (χ1n) is 5.54. The maximum atomic E-state index is 11.8. The molecule has 0 radical (unpaired) electrons. The van der Waals surface area contributed by atoms with Crippen LogP contribution in [-0.2, 0) is 21.3 Å². The second kappa shape index (κ2) is 7.85. The Hall–Kier alpha value is -0.610. The fraction of sp³-hybridized carbons (Fsp3) is 0.600. The second-order valence-electron chi connectivity index (χ2n) is 3.61. The summed E-state index contributed by atoms with van der Waals surface area (Å²) in [5.41, 5.74) is 0. The van der Waals surface area contributed by atoms with Gasteiger partial charge in [-0.1, -0.05) is 0 Å². The van der Waals surface area contributed by atoms with Gasteiger partial charge < -0.3 is 10.1 Å². The second-order valence-corrected chi connectivity index (χ2v) is 6.78. The fourth-order valence-corrected chi connectivity index (χ4v) is 3.69. The van der Waals surface area contributed by atoms with Crippen LogP contribution in [0.25, 0.3) is 0 Å². The molecule has 0 atom stereocenters. The van der Waals surface area contributed by atoms with Gasteiger partial charge in [0.2, 0.25) is 10.0 Å². The zero-order valence-electron chi connectivity index (χ0n) is 10.4. The van der Waals surface area contributed by atoms with Crippen LogP contribution in [0.5, 0.6) is 0 Å². The molecule has 0 amide bonds. The minimum Gasteiger partial charge on any atom is -0.374 e. The van der Waals surface area contributed by atoms with Gasteiger partial charge >= 0.3 is 0 Å². The van der Waals surface area contributed by atoms with Crippen LogP contribution in [0.15, 0.2) is 16.3 Å². The molecular formula is C10H16F2N2O3S2. The van der Waals surface area contributed by atoms with Crippen LogP contribution in [0.2, 0.25) is 0 Å². The van der Waals surface area contributed by atoms with Gasteiger partial charge in [-0.25, -0.2) is 21.9 Å². The smallest absolute Gasteiger partial charge is 0.261 e. The number of hydrogen-bond donors (Lipinski definition) is 2. The van der Waals surface area contributed by atoms with Gasteiger partial charge in [0.15, 0.2) is 0 Å². The molecule has 110 valence electrons. The topological polar surface area (TPSA) is 67.4 Å². The highest BCUT2D eigenvalue weighted by Gasteiger charge is 2.16. The lowest BCUT2D eigenvalue weighted by Gasteiger charge is -2.05. The number of hydrogen-bond acceptors (Lipinski definition) is 5. The van der Waals surface area contributed by atoms with E-state index in [4.69, 9.17) is 0 Å². The molecule has 0 fully saturated rings. The standard InChI is InChI=1S/C10H16F2N2O3S2/c1-13-6-8-2-3-10(18-8)19(15,16)14-4-5-17-7-9(11)12/h2-3,9,13-14H,4-7H2,1H3. The van der Waals surface area contributed by atoms with Gasteiger partial charge in [0.25, 0.3) is 6.43 Å². The quantitative estimate of drug-likeness (QED) is 0.668. The Morgan fingerprint density at radius 3 is 2.79 bits per heavy atom. The summed E-state index contributed by atoms with van der Waals surface area (Å²) in [6.07, 6.45) is -2.54. The summed E-state index contributed by atoms with van der Waals surface area (Å²) in [6.45, 7) is -0.211.